The fourth-order valence-corrected chi connectivity index (χ4v) is 3.60. The van der Waals surface area contributed by atoms with Crippen LogP contribution in [0.1, 0.15) is 36.9 Å². The Morgan fingerprint density at radius 2 is 1.96 bits per heavy atom. The number of H-pyrrole nitrogens is 1. The highest BCUT2D eigenvalue weighted by Gasteiger charge is 2.24. The van der Waals surface area contributed by atoms with Crippen molar-refractivity contribution >= 4 is 11.2 Å². The molecule has 6 nitrogen and oxygen atoms in total. The van der Waals surface area contributed by atoms with Crippen LogP contribution in [0.3, 0.4) is 0 Å². The fraction of sp³-hybridized carbons (Fsp3) is 0.421. The predicted octanol–water partition coefficient (Wildman–Crippen LogP) is 3.13. The first-order valence-corrected chi connectivity index (χ1v) is 8.93. The molecule has 0 radical (unpaired) electrons. The van der Waals surface area contributed by atoms with Gasteiger partial charge in [-0.15, -0.1) is 0 Å². The molecule has 0 saturated carbocycles. The van der Waals surface area contributed by atoms with Gasteiger partial charge in [0, 0.05) is 30.4 Å². The largest absolute Gasteiger partial charge is 0.494 e. The van der Waals surface area contributed by atoms with Gasteiger partial charge in [0.05, 0.1) is 12.3 Å². The van der Waals surface area contributed by atoms with E-state index in [1.165, 1.54) is 5.56 Å². The number of nitrogens with zero attached hydrogens (tertiary/aromatic N) is 4. The molecule has 0 spiro atoms. The molecule has 2 aromatic heterocycles. The molecule has 0 aliphatic carbocycles. The molecule has 1 saturated heterocycles. The zero-order chi connectivity index (χ0) is 17.1. The van der Waals surface area contributed by atoms with E-state index in [0.717, 1.165) is 49.4 Å². The van der Waals surface area contributed by atoms with E-state index in [-0.39, 0.29) is 0 Å². The van der Waals surface area contributed by atoms with Crippen LogP contribution in [0, 0.1) is 0 Å². The molecule has 4 rings (SSSR count). The number of hydrogen-bond acceptors (Lipinski definition) is 5. The molecule has 1 N–H and O–H groups in total. The second-order valence-electron chi connectivity index (χ2n) is 6.46. The van der Waals surface area contributed by atoms with Gasteiger partial charge in [-0.05, 0) is 38.9 Å². The third kappa shape index (κ3) is 3.35. The minimum absolute atomic E-state index is 0.472. The van der Waals surface area contributed by atoms with Crippen molar-refractivity contribution in [2.24, 2.45) is 0 Å². The van der Waals surface area contributed by atoms with Crippen molar-refractivity contribution in [2.45, 2.75) is 32.2 Å². The Kier molecular flexibility index (Phi) is 4.61. The quantitative estimate of drug-likeness (QED) is 0.775. The summed E-state index contributed by atoms with van der Waals surface area (Å²) in [6.07, 6.45) is 5.63. The molecule has 3 heterocycles. The van der Waals surface area contributed by atoms with Gasteiger partial charge in [-0.25, -0.2) is 9.97 Å². The average Bonchev–Trinajstić information content (AvgIpc) is 3.08. The number of para-hydroxylation sites is 1. The summed E-state index contributed by atoms with van der Waals surface area (Å²) < 4.78 is 5.75. The second kappa shape index (κ2) is 7.19. The van der Waals surface area contributed by atoms with Gasteiger partial charge in [-0.1, -0.05) is 18.2 Å². The summed E-state index contributed by atoms with van der Waals surface area (Å²) in [6, 6.07) is 8.33. The van der Waals surface area contributed by atoms with E-state index < -0.39 is 0 Å². The molecule has 25 heavy (non-hydrogen) atoms. The highest BCUT2D eigenvalue weighted by Crippen LogP contribution is 2.31. The Bertz CT molecular complexity index is 838. The lowest BCUT2D eigenvalue weighted by molar-refractivity contribution is 0.200. The van der Waals surface area contributed by atoms with Crippen molar-refractivity contribution in [1.29, 1.82) is 0 Å². The molecular formula is C19H23N5O. The lowest BCUT2D eigenvalue weighted by Gasteiger charge is -2.31. The molecule has 0 bridgehead atoms. The topological polar surface area (TPSA) is 66.9 Å². The second-order valence-corrected chi connectivity index (χ2v) is 6.46. The molecule has 130 valence electrons. The van der Waals surface area contributed by atoms with E-state index in [2.05, 4.69) is 43.3 Å². The van der Waals surface area contributed by atoms with Gasteiger partial charge in [-0.2, -0.15) is 5.10 Å². The Hall–Kier alpha value is -2.47. The summed E-state index contributed by atoms with van der Waals surface area (Å²) in [5.41, 5.74) is 4.03. The van der Waals surface area contributed by atoms with E-state index >= 15 is 0 Å². The summed E-state index contributed by atoms with van der Waals surface area (Å²) in [7, 11) is 0. The highest BCUT2D eigenvalue weighted by atomic mass is 16.5. The van der Waals surface area contributed by atoms with E-state index in [4.69, 9.17) is 4.74 Å². The van der Waals surface area contributed by atoms with Crippen LogP contribution in [0.15, 0.2) is 36.7 Å². The smallest absolute Gasteiger partial charge is 0.199 e. The van der Waals surface area contributed by atoms with Crippen LogP contribution in [-0.2, 0) is 6.54 Å². The Morgan fingerprint density at radius 1 is 1.16 bits per heavy atom. The lowest BCUT2D eigenvalue weighted by Crippen LogP contribution is -2.32. The maximum Gasteiger partial charge on any atom is 0.199 e. The first-order valence-electron chi connectivity index (χ1n) is 8.93. The number of aromatic amines is 1. The van der Waals surface area contributed by atoms with Crippen molar-refractivity contribution in [1.82, 2.24) is 25.1 Å². The number of fused-ring (bicyclic) bond motifs is 1. The van der Waals surface area contributed by atoms with E-state index in [1.807, 2.05) is 13.0 Å². The number of likely N-dealkylation sites (tertiary alicyclic amines) is 1. The van der Waals surface area contributed by atoms with Gasteiger partial charge in [-0.3, -0.25) is 10.00 Å². The van der Waals surface area contributed by atoms with Gasteiger partial charge in [0.15, 0.2) is 5.65 Å². The molecule has 1 fully saturated rings. The third-order valence-electron chi connectivity index (χ3n) is 4.88. The first kappa shape index (κ1) is 16.0. The Balaban J connectivity index is 1.42. The number of nitrogens with one attached hydrogen (secondary N) is 1. The number of rotatable bonds is 5. The van der Waals surface area contributed by atoms with Crippen LogP contribution in [0.2, 0.25) is 0 Å². The summed E-state index contributed by atoms with van der Waals surface area (Å²) in [4.78, 5) is 11.2. The van der Waals surface area contributed by atoms with Gasteiger partial charge < -0.3 is 4.74 Å². The minimum atomic E-state index is 0.472. The van der Waals surface area contributed by atoms with Crippen LogP contribution < -0.4 is 4.74 Å². The zero-order valence-corrected chi connectivity index (χ0v) is 14.5. The average molecular weight is 337 g/mol. The fourth-order valence-electron chi connectivity index (χ4n) is 3.60. The highest BCUT2D eigenvalue weighted by molar-refractivity contribution is 5.72. The lowest BCUT2D eigenvalue weighted by atomic mass is 9.93. The number of benzene rings is 1. The summed E-state index contributed by atoms with van der Waals surface area (Å²) in [5.74, 6) is 1.47. The summed E-state index contributed by atoms with van der Waals surface area (Å²) in [5, 5.41) is 7.44. The molecule has 1 aromatic carbocycles. The van der Waals surface area contributed by atoms with Crippen molar-refractivity contribution in [2.75, 3.05) is 19.7 Å². The van der Waals surface area contributed by atoms with Gasteiger partial charge in [0.2, 0.25) is 0 Å². The molecule has 0 amide bonds. The van der Waals surface area contributed by atoms with Crippen LogP contribution in [0.5, 0.6) is 5.75 Å². The van der Waals surface area contributed by atoms with E-state index in [9.17, 15) is 0 Å². The van der Waals surface area contributed by atoms with Crippen molar-refractivity contribution < 1.29 is 4.74 Å². The van der Waals surface area contributed by atoms with Gasteiger partial charge in [0.1, 0.15) is 11.3 Å². The SMILES string of the molecule is CCOc1ccccc1CN1CCC(c2[nH]nc3nccnc23)CC1. The van der Waals surface area contributed by atoms with Crippen LogP contribution in [0.25, 0.3) is 11.2 Å². The normalized spacial score (nSPS) is 16.4. The minimum Gasteiger partial charge on any atom is -0.494 e. The maximum atomic E-state index is 5.75. The summed E-state index contributed by atoms with van der Waals surface area (Å²) >= 11 is 0. The molecule has 0 unspecified atom stereocenters. The van der Waals surface area contributed by atoms with Crippen LogP contribution in [0.4, 0.5) is 0 Å². The Labute approximate surface area is 147 Å². The number of piperidine rings is 1. The Morgan fingerprint density at radius 3 is 2.80 bits per heavy atom. The molecule has 1 aliphatic rings. The number of ether oxygens (including phenoxy) is 1. The van der Waals surface area contributed by atoms with Crippen LogP contribution in [-0.4, -0.2) is 44.8 Å². The summed E-state index contributed by atoms with van der Waals surface area (Å²) in [6.45, 7) is 5.79. The van der Waals surface area contributed by atoms with Gasteiger partial charge >= 0.3 is 0 Å². The molecule has 0 atom stereocenters. The number of hydrogen-bond donors (Lipinski definition) is 1. The van der Waals surface area contributed by atoms with Gasteiger partial charge in [0.25, 0.3) is 0 Å². The first-order chi connectivity index (χ1) is 12.3. The maximum absolute atomic E-state index is 5.75. The molecule has 1 aliphatic heterocycles. The van der Waals surface area contributed by atoms with Crippen molar-refractivity contribution in [3.63, 3.8) is 0 Å². The molecule has 3 aromatic rings. The standard InChI is InChI=1S/C19H23N5O/c1-2-25-16-6-4-3-5-15(16)13-24-11-7-14(8-12-24)17-18-19(23-22-17)21-10-9-20-18/h3-6,9-10,14H,2,7-8,11-13H2,1H3,(H,21,22,23). The zero-order valence-electron chi connectivity index (χ0n) is 14.5. The third-order valence-corrected chi connectivity index (χ3v) is 4.88. The van der Waals surface area contributed by atoms with Crippen molar-refractivity contribution in [3.8, 4) is 5.75 Å². The van der Waals surface area contributed by atoms with E-state index in [0.29, 0.717) is 18.2 Å². The monoisotopic (exact) mass is 337 g/mol. The molecular weight excluding hydrogens is 314 g/mol. The predicted molar refractivity (Wildman–Crippen MR) is 96.5 cm³/mol. The van der Waals surface area contributed by atoms with Crippen molar-refractivity contribution in [3.05, 3.63) is 47.9 Å². The number of aromatic nitrogens is 4. The van der Waals surface area contributed by atoms with E-state index in [1.54, 1.807) is 12.4 Å². The van der Waals surface area contributed by atoms with Crippen LogP contribution >= 0.6 is 0 Å². The molecule has 6 heteroatoms.